The fraction of sp³-hybridized carbons (Fsp3) is 0.231. The Kier molecular flexibility index (Phi) is 9.41. The van der Waals surface area contributed by atoms with Gasteiger partial charge in [-0.2, -0.15) is 0 Å². The molecule has 2 aliphatic rings. The number of halogens is 2. The van der Waals surface area contributed by atoms with E-state index < -0.39 is 23.2 Å². The molecule has 0 radical (unpaired) electrons. The van der Waals surface area contributed by atoms with Crippen LogP contribution < -0.4 is 24.8 Å². The Labute approximate surface area is 199 Å². The second-order valence-corrected chi connectivity index (χ2v) is 11.1. The van der Waals surface area contributed by atoms with Crippen LogP contribution in [0.1, 0.15) is 37.8 Å². The summed E-state index contributed by atoms with van der Waals surface area (Å²) in [6, 6.07) is 21.9. The summed E-state index contributed by atoms with van der Waals surface area (Å²) in [7, 11) is 0. The van der Waals surface area contributed by atoms with Gasteiger partial charge in [0.2, 0.25) is 0 Å². The summed E-state index contributed by atoms with van der Waals surface area (Å²) >= 11 is -0.707. The molecule has 148 valence electrons. The van der Waals surface area contributed by atoms with E-state index in [-0.39, 0.29) is 24.8 Å². The maximum atomic E-state index is 2.46. The Balaban J connectivity index is 0.00000150. The Morgan fingerprint density at radius 2 is 1.00 bits per heavy atom. The van der Waals surface area contributed by atoms with Crippen LogP contribution in [0.25, 0.3) is 0 Å². The predicted molar refractivity (Wildman–Crippen MR) is 111 cm³/mol. The smallest absolute Gasteiger partial charge is 1.00 e. The molecule has 3 heteroatoms. The number of hydrogen-bond donors (Lipinski definition) is 0. The second-order valence-electron chi connectivity index (χ2n) is 7.55. The third kappa shape index (κ3) is 5.94. The van der Waals surface area contributed by atoms with Crippen LogP contribution in [0.2, 0.25) is 0 Å². The van der Waals surface area contributed by atoms with Crippen LogP contribution in [-0.2, 0) is 36.1 Å². The molecule has 2 aromatic carbocycles. The van der Waals surface area contributed by atoms with E-state index in [1.54, 1.807) is 17.7 Å². The normalized spacial score (nSPS) is 15.4. The Bertz CT molecular complexity index is 871. The first-order valence-electron chi connectivity index (χ1n) is 9.84. The number of rotatable bonds is 6. The summed E-state index contributed by atoms with van der Waals surface area (Å²) in [4.78, 5) is 0. The number of hydrogen-bond acceptors (Lipinski definition) is 0. The van der Waals surface area contributed by atoms with Crippen molar-refractivity contribution in [3.05, 3.63) is 113 Å². The van der Waals surface area contributed by atoms with E-state index in [9.17, 15) is 0 Å². The van der Waals surface area contributed by atoms with Crippen LogP contribution in [0.5, 0.6) is 0 Å². The van der Waals surface area contributed by atoms with E-state index >= 15 is 0 Å². The van der Waals surface area contributed by atoms with Gasteiger partial charge in [0.15, 0.2) is 0 Å². The van der Waals surface area contributed by atoms with E-state index in [1.165, 1.54) is 35.1 Å². The predicted octanol–water partition coefficient (Wildman–Crippen LogP) is 0.771. The zero-order chi connectivity index (χ0) is 18.6. The molecule has 2 aliphatic carbocycles. The third-order valence-electron chi connectivity index (χ3n) is 5.65. The maximum absolute atomic E-state index is 2.46. The minimum Gasteiger partial charge on any atom is -1.00 e. The van der Waals surface area contributed by atoms with Crippen molar-refractivity contribution in [2.24, 2.45) is 0 Å². The summed E-state index contributed by atoms with van der Waals surface area (Å²) in [5.41, 5.74) is 9.20. The molecule has 2 aromatic rings. The first-order chi connectivity index (χ1) is 13.2. The molecular weight excluding hydrogens is 474 g/mol. The molecule has 0 unspecified atom stereocenters. The van der Waals surface area contributed by atoms with Crippen LogP contribution in [-0.4, -0.2) is 0 Å². The van der Waals surface area contributed by atoms with Gasteiger partial charge in [0.25, 0.3) is 0 Å². The van der Waals surface area contributed by atoms with Crippen LogP contribution in [0, 0.1) is 0 Å². The summed E-state index contributed by atoms with van der Waals surface area (Å²) in [5.74, 6) is 0. The molecular formula is C26H26Cl2Zr. The molecule has 0 saturated heterocycles. The monoisotopic (exact) mass is 498 g/mol. The van der Waals surface area contributed by atoms with E-state index in [0.29, 0.717) is 0 Å². The first-order valence-corrected chi connectivity index (χ1v) is 12.3. The summed E-state index contributed by atoms with van der Waals surface area (Å²) in [5, 5.41) is 0. The molecule has 29 heavy (non-hydrogen) atoms. The molecule has 0 N–H and O–H groups in total. The van der Waals surface area contributed by atoms with Gasteiger partial charge in [-0.1, -0.05) is 0 Å². The van der Waals surface area contributed by atoms with Gasteiger partial charge in [0.1, 0.15) is 0 Å². The molecule has 0 nitrogen and oxygen atoms in total. The van der Waals surface area contributed by atoms with Crippen molar-refractivity contribution in [1.82, 2.24) is 0 Å². The minimum absolute atomic E-state index is 0. The molecule has 0 amide bonds. The zero-order valence-corrected chi connectivity index (χ0v) is 21.0. The molecule has 0 saturated carbocycles. The minimum atomic E-state index is -0.707. The van der Waals surface area contributed by atoms with E-state index in [1.807, 2.05) is 0 Å². The molecule has 0 spiro atoms. The van der Waals surface area contributed by atoms with Gasteiger partial charge < -0.3 is 24.8 Å². The fourth-order valence-electron chi connectivity index (χ4n) is 4.01. The van der Waals surface area contributed by atoms with Crippen LogP contribution in [0.3, 0.4) is 0 Å². The first kappa shape index (κ1) is 24.1. The van der Waals surface area contributed by atoms with Crippen molar-refractivity contribution in [2.45, 2.75) is 39.5 Å². The van der Waals surface area contributed by atoms with Crippen molar-refractivity contribution in [2.75, 3.05) is 0 Å². The molecule has 0 fully saturated rings. The quantitative estimate of drug-likeness (QED) is 0.550. The Morgan fingerprint density at radius 1 is 0.621 bits per heavy atom. The zero-order valence-electron chi connectivity index (χ0n) is 17.0. The van der Waals surface area contributed by atoms with Gasteiger partial charge in [-0.3, -0.25) is 0 Å². The van der Waals surface area contributed by atoms with Crippen molar-refractivity contribution < 1.29 is 48.0 Å². The Hall–Kier alpha value is -1.14. The van der Waals surface area contributed by atoms with E-state index in [2.05, 4.69) is 86.7 Å². The largest absolute Gasteiger partial charge is 1.00 e. The molecule has 4 rings (SSSR count). The van der Waals surface area contributed by atoms with Crippen molar-refractivity contribution in [3.63, 3.8) is 0 Å². The van der Waals surface area contributed by atoms with Crippen molar-refractivity contribution in [3.8, 4) is 0 Å². The average molecular weight is 501 g/mol. The molecule has 0 heterocycles. The summed E-state index contributed by atoms with van der Waals surface area (Å²) in [6.45, 7) is 4.62. The fourth-order valence-corrected chi connectivity index (χ4v) is 8.05. The van der Waals surface area contributed by atoms with Crippen molar-refractivity contribution >= 4 is 0 Å². The summed E-state index contributed by atoms with van der Waals surface area (Å²) < 4.78 is 3.59. The molecule has 0 aromatic heterocycles. The topological polar surface area (TPSA) is 0 Å². The van der Waals surface area contributed by atoms with Gasteiger partial charge in [0.05, 0.1) is 0 Å². The van der Waals surface area contributed by atoms with Gasteiger partial charge in [-0.25, -0.2) is 0 Å². The SMILES string of the molecule is CC1=CC[C]([Zr+2][C]2=C(Cc3ccccc3)C(C)=CC2)=C1Cc1ccccc1.[Cl-].[Cl-]. The van der Waals surface area contributed by atoms with Gasteiger partial charge in [0, 0.05) is 0 Å². The maximum Gasteiger partial charge on any atom is -1.00 e. The van der Waals surface area contributed by atoms with Gasteiger partial charge in [-0.05, 0) is 0 Å². The molecule has 0 aliphatic heterocycles. The van der Waals surface area contributed by atoms with Crippen molar-refractivity contribution in [1.29, 1.82) is 0 Å². The Morgan fingerprint density at radius 3 is 1.38 bits per heavy atom. The average Bonchev–Trinajstić information content (AvgIpc) is 3.21. The molecule has 0 bridgehead atoms. The summed E-state index contributed by atoms with van der Waals surface area (Å²) in [6.07, 6.45) is 9.52. The third-order valence-corrected chi connectivity index (χ3v) is 9.63. The van der Waals surface area contributed by atoms with Crippen LogP contribution in [0.15, 0.2) is 102 Å². The number of benzene rings is 2. The number of allylic oxidation sites excluding steroid dienone is 8. The van der Waals surface area contributed by atoms with Gasteiger partial charge in [-0.15, -0.1) is 0 Å². The standard InChI is InChI=1S/2C13H13.2ClH.Zr/c2*1-11-6-5-9-13(11)10-12-7-3-2-4-8-12;;;/h2*2-4,6-8H,5,10H2,1H3;2*1H;/q;;;;+2/p-2. The van der Waals surface area contributed by atoms with E-state index in [0.717, 1.165) is 12.8 Å². The second kappa shape index (κ2) is 11.3. The van der Waals surface area contributed by atoms with Gasteiger partial charge >= 0.3 is 176 Å². The van der Waals surface area contributed by atoms with Crippen LogP contribution in [0.4, 0.5) is 0 Å². The van der Waals surface area contributed by atoms with Crippen LogP contribution >= 0.6 is 0 Å². The molecule has 0 atom stereocenters. The van der Waals surface area contributed by atoms with E-state index in [4.69, 9.17) is 0 Å².